The molecule has 0 N–H and O–H groups in total. The molecule has 5 nitrogen and oxygen atoms in total. The lowest BCUT2D eigenvalue weighted by Crippen LogP contribution is -2.46. The van der Waals surface area contributed by atoms with Gasteiger partial charge in [0.05, 0.1) is 0 Å². The first-order valence-electron chi connectivity index (χ1n) is 8.95. The molecule has 1 aliphatic rings. The van der Waals surface area contributed by atoms with Crippen LogP contribution in [0.15, 0.2) is 52.3 Å². The standard InChI is InChI=1S/C21H20N4OS/c22-15-19-21(26-20(23-19)9-8-18-7-4-14-27-18)25-12-10-24(11-13-25)16-17-5-2-1-3-6-17/h1-9,14H,10-13,16H2/b9-8+. The van der Waals surface area contributed by atoms with Gasteiger partial charge in [-0.15, -0.1) is 11.3 Å². The molecule has 0 aliphatic carbocycles. The lowest BCUT2D eigenvalue weighted by Gasteiger charge is -2.34. The summed E-state index contributed by atoms with van der Waals surface area (Å²) in [6, 6.07) is 16.7. The molecule has 0 radical (unpaired) electrons. The number of hydrogen-bond donors (Lipinski definition) is 0. The molecule has 1 fully saturated rings. The first-order chi connectivity index (χ1) is 13.3. The third-order valence-electron chi connectivity index (χ3n) is 4.57. The number of oxazole rings is 1. The molecule has 1 aliphatic heterocycles. The van der Waals surface area contributed by atoms with Crippen LogP contribution in [0.25, 0.3) is 12.2 Å². The lowest BCUT2D eigenvalue weighted by molar-refractivity contribution is 0.246. The maximum atomic E-state index is 9.43. The average molecular weight is 376 g/mol. The topological polar surface area (TPSA) is 56.3 Å². The largest absolute Gasteiger partial charge is 0.420 e. The summed E-state index contributed by atoms with van der Waals surface area (Å²) < 4.78 is 5.89. The smallest absolute Gasteiger partial charge is 0.235 e. The summed E-state index contributed by atoms with van der Waals surface area (Å²) in [5, 5.41) is 11.5. The quantitative estimate of drug-likeness (QED) is 0.671. The van der Waals surface area contributed by atoms with E-state index in [1.165, 1.54) is 5.56 Å². The zero-order valence-corrected chi connectivity index (χ0v) is 15.7. The second-order valence-corrected chi connectivity index (χ2v) is 7.39. The molecule has 1 saturated heterocycles. The van der Waals surface area contributed by atoms with Crippen LogP contribution in [-0.4, -0.2) is 36.1 Å². The molecule has 2 aromatic heterocycles. The molecule has 27 heavy (non-hydrogen) atoms. The fraction of sp³-hybridized carbons (Fsp3) is 0.238. The molecule has 136 valence electrons. The van der Waals surface area contributed by atoms with Crippen molar-refractivity contribution in [1.29, 1.82) is 5.26 Å². The second kappa shape index (κ2) is 8.21. The number of nitrogens with zero attached hydrogens (tertiary/aromatic N) is 4. The van der Waals surface area contributed by atoms with Crippen LogP contribution in [0.2, 0.25) is 0 Å². The number of rotatable bonds is 5. The van der Waals surface area contributed by atoms with Gasteiger partial charge in [-0.25, -0.2) is 0 Å². The molecule has 1 aromatic carbocycles. The van der Waals surface area contributed by atoms with Crippen LogP contribution in [-0.2, 0) is 6.54 Å². The van der Waals surface area contributed by atoms with Gasteiger partial charge in [0.15, 0.2) is 0 Å². The van der Waals surface area contributed by atoms with E-state index in [9.17, 15) is 5.26 Å². The Morgan fingerprint density at radius 2 is 1.89 bits per heavy atom. The van der Waals surface area contributed by atoms with Gasteiger partial charge in [-0.1, -0.05) is 36.4 Å². The van der Waals surface area contributed by atoms with Crippen molar-refractivity contribution >= 4 is 29.4 Å². The predicted molar refractivity (Wildman–Crippen MR) is 108 cm³/mol. The Bertz CT molecular complexity index is 932. The minimum Gasteiger partial charge on any atom is -0.420 e. The number of aromatic nitrogens is 1. The summed E-state index contributed by atoms with van der Waals surface area (Å²) in [6.07, 6.45) is 3.78. The Morgan fingerprint density at radius 1 is 1.07 bits per heavy atom. The van der Waals surface area contributed by atoms with Crippen LogP contribution in [0.4, 0.5) is 5.88 Å². The summed E-state index contributed by atoms with van der Waals surface area (Å²) >= 11 is 1.65. The first kappa shape index (κ1) is 17.5. The molecular weight excluding hydrogens is 356 g/mol. The van der Waals surface area contributed by atoms with E-state index in [4.69, 9.17) is 4.42 Å². The van der Waals surface area contributed by atoms with Crippen molar-refractivity contribution in [2.45, 2.75) is 6.54 Å². The minimum absolute atomic E-state index is 0.359. The van der Waals surface area contributed by atoms with Gasteiger partial charge in [-0.2, -0.15) is 10.2 Å². The van der Waals surface area contributed by atoms with Gasteiger partial charge in [0.1, 0.15) is 6.07 Å². The van der Waals surface area contributed by atoms with Crippen molar-refractivity contribution < 1.29 is 4.42 Å². The fourth-order valence-electron chi connectivity index (χ4n) is 3.18. The van der Waals surface area contributed by atoms with Crippen LogP contribution < -0.4 is 4.90 Å². The number of nitriles is 1. The second-order valence-electron chi connectivity index (χ2n) is 6.42. The average Bonchev–Trinajstić information content (AvgIpc) is 3.37. The van der Waals surface area contributed by atoms with E-state index in [1.807, 2.05) is 35.7 Å². The summed E-state index contributed by atoms with van der Waals surface area (Å²) in [5.74, 6) is 1.06. The summed E-state index contributed by atoms with van der Waals surface area (Å²) in [4.78, 5) is 10.00. The van der Waals surface area contributed by atoms with Crippen molar-refractivity contribution in [3.8, 4) is 6.07 Å². The van der Waals surface area contributed by atoms with Crippen LogP contribution in [0, 0.1) is 11.3 Å². The Balaban J connectivity index is 1.41. The van der Waals surface area contributed by atoms with Crippen molar-refractivity contribution in [1.82, 2.24) is 9.88 Å². The Hall–Kier alpha value is -2.88. The van der Waals surface area contributed by atoms with Crippen molar-refractivity contribution in [2.75, 3.05) is 31.1 Å². The molecule has 0 bridgehead atoms. The van der Waals surface area contributed by atoms with Crippen LogP contribution >= 0.6 is 11.3 Å². The molecule has 0 spiro atoms. The monoisotopic (exact) mass is 376 g/mol. The van der Waals surface area contributed by atoms with Gasteiger partial charge >= 0.3 is 0 Å². The van der Waals surface area contributed by atoms with E-state index in [2.05, 4.69) is 45.1 Å². The number of piperazine rings is 1. The number of anilines is 1. The third kappa shape index (κ3) is 4.27. The van der Waals surface area contributed by atoms with Crippen LogP contribution in [0.5, 0.6) is 0 Å². The highest BCUT2D eigenvalue weighted by molar-refractivity contribution is 7.10. The van der Waals surface area contributed by atoms with Crippen molar-refractivity contribution in [2.24, 2.45) is 0 Å². The van der Waals surface area contributed by atoms with E-state index in [0.29, 0.717) is 17.5 Å². The van der Waals surface area contributed by atoms with Crippen LogP contribution in [0.1, 0.15) is 22.0 Å². The normalized spacial score (nSPS) is 15.3. The van der Waals surface area contributed by atoms with Gasteiger partial charge in [0.2, 0.25) is 17.5 Å². The molecule has 0 unspecified atom stereocenters. The summed E-state index contributed by atoms with van der Waals surface area (Å²) in [5.41, 5.74) is 1.68. The fourth-order valence-corrected chi connectivity index (χ4v) is 3.79. The minimum atomic E-state index is 0.359. The molecule has 3 aromatic rings. The highest BCUT2D eigenvalue weighted by atomic mass is 32.1. The number of thiophene rings is 1. The van der Waals surface area contributed by atoms with Gasteiger partial charge in [-0.05, 0) is 23.1 Å². The highest BCUT2D eigenvalue weighted by Gasteiger charge is 2.23. The maximum Gasteiger partial charge on any atom is 0.235 e. The zero-order valence-electron chi connectivity index (χ0n) is 14.9. The molecule has 0 saturated carbocycles. The van der Waals surface area contributed by atoms with E-state index in [0.717, 1.165) is 37.6 Å². The molecule has 6 heteroatoms. The van der Waals surface area contributed by atoms with Crippen molar-refractivity contribution in [3.63, 3.8) is 0 Å². The van der Waals surface area contributed by atoms with E-state index < -0.39 is 0 Å². The molecule has 3 heterocycles. The molecule has 0 atom stereocenters. The zero-order chi connectivity index (χ0) is 18.5. The third-order valence-corrected chi connectivity index (χ3v) is 5.41. The lowest BCUT2D eigenvalue weighted by atomic mass is 10.2. The van der Waals surface area contributed by atoms with E-state index in [1.54, 1.807) is 11.3 Å². The van der Waals surface area contributed by atoms with E-state index in [-0.39, 0.29) is 0 Å². The number of hydrogen-bond acceptors (Lipinski definition) is 6. The Morgan fingerprint density at radius 3 is 2.59 bits per heavy atom. The maximum absolute atomic E-state index is 9.43. The van der Waals surface area contributed by atoms with Crippen LogP contribution in [0.3, 0.4) is 0 Å². The Labute approximate surface area is 162 Å². The number of benzene rings is 1. The summed E-state index contributed by atoms with van der Waals surface area (Å²) in [6.45, 7) is 4.46. The SMILES string of the molecule is N#Cc1nc(/C=C/c2cccs2)oc1N1CCN(Cc2ccccc2)CC1. The highest BCUT2D eigenvalue weighted by Crippen LogP contribution is 2.25. The van der Waals surface area contributed by atoms with E-state index >= 15 is 0 Å². The molecule has 4 rings (SSSR count). The predicted octanol–water partition coefficient (Wildman–Crippen LogP) is 4.10. The summed E-state index contributed by atoms with van der Waals surface area (Å²) in [7, 11) is 0. The Kier molecular flexibility index (Phi) is 5.33. The first-order valence-corrected chi connectivity index (χ1v) is 9.83. The van der Waals surface area contributed by atoms with Gasteiger partial charge in [0.25, 0.3) is 0 Å². The van der Waals surface area contributed by atoms with Gasteiger partial charge in [0, 0.05) is 43.7 Å². The van der Waals surface area contributed by atoms with Gasteiger partial charge in [-0.3, -0.25) is 4.90 Å². The molecule has 0 amide bonds. The van der Waals surface area contributed by atoms with Crippen molar-refractivity contribution in [3.05, 3.63) is 69.9 Å². The van der Waals surface area contributed by atoms with Gasteiger partial charge < -0.3 is 9.32 Å². The molecular formula is C21H20N4OS.